The van der Waals surface area contributed by atoms with Gasteiger partial charge in [0.25, 0.3) is 0 Å². The predicted molar refractivity (Wildman–Crippen MR) is 48.4 cm³/mol. The van der Waals surface area contributed by atoms with Gasteiger partial charge in [-0.2, -0.15) is 0 Å². The van der Waals surface area contributed by atoms with E-state index >= 15 is 0 Å². The third-order valence-electron chi connectivity index (χ3n) is 1.58. The SMILES string of the molecule is Cc1nccn1-c1csc(N)n1. The number of thiazole rings is 1. The van der Waals surface area contributed by atoms with Crippen molar-refractivity contribution in [1.82, 2.24) is 14.5 Å². The van der Waals surface area contributed by atoms with Gasteiger partial charge in [0.05, 0.1) is 0 Å². The monoisotopic (exact) mass is 180 g/mol. The fourth-order valence-corrected chi connectivity index (χ4v) is 1.55. The van der Waals surface area contributed by atoms with Gasteiger partial charge in [-0.3, -0.25) is 4.57 Å². The Labute approximate surface area is 73.7 Å². The second-order valence-electron chi connectivity index (χ2n) is 2.39. The first kappa shape index (κ1) is 7.30. The minimum atomic E-state index is 0.582. The van der Waals surface area contributed by atoms with Crippen LogP contribution in [0.3, 0.4) is 0 Å². The molecule has 0 aliphatic carbocycles. The maximum atomic E-state index is 5.51. The molecule has 0 amide bonds. The molecule has 62 valence electrons. The van der Waals surface area contributed by atoms with Crippen molar-refractivity contribution in [2.45, 2.75) is 6.92 Å². The summed E-state index contributed by atoms with van der Waals surface area (Å²) in [6, 6.07) is 0. The zero-order valence-electron chi connectivity index (χ0n) is 6.56. The fourth-order valence-electron chi connectivity index (χ4n) is 1.01. The maximum Gasteiger partial charge on any atom is 0.182 e. The number of hydrogen-bond acceptors (Lipinski definition) is 4. The zero-order valence-corrected chi connectivity index (χ0v) is 7.38. The van der Waals surface area contributed by atoms with Gasteiger partial charge in [-0.15, -0.1) is 11.3 Å². The Kier molecular flexibility index (Phi) is 1.58. The molecule has 0 radical (unpaired) electrons. The molecule has 0 spiro atoms. The van der Waals surface area contributed by atoms with Crippen molar-refractivity contribution in [3.05, 3.63) is 23.6 Å². The molecule has 5 heteroatoms. The first-order valence-corrected chi connectivity index (χ1v) is 4.36. The van der Waals surface area contributed by atoms with Crippen LogP contribution in [0.2, 0.25) is 0 Å². The highest BCUT2D eigenvalue weighted by molar-refractivity contribution is 7.13. The molecular weight excluding hydrogens is 172 g/mol. The van der Waals surface area contributed by atoms with Gasteiger partial charge in [-0.05, 0) is 6.92 Å². The lowest BCUT2D eigenvalue weighted by Crippen LogP contribution is -1.95. The van der Waals surface area contributed by atoms with E-state index in [1.165, 1.54) is 11.3 Å². The molecule has 2 aromatic rings. The van der Waals surface area contributed by atoms with Gasteiger partial charge in [-0.1, -0.05) is 0 Å². The molecule has 0 fully saturated rings. The van der Waals surface area contributed by atoms with Crippen molar-refractivity contribution in [3.63, 3.8) is 0 Å². The smallest absolute Gasteiger partial charge is 0.182 e. The Hall–Kier alpha value is -1.36. The molecule has 2 aromatic heterocycles. The molecule has 0 unspecified atom stereocenters. The summed E-state index contributed by atoms with van der Waals surface area (Å²) in [5, 5.41) is 2.49. The highest BCUT2D eigenvalue weighted by Crippen LogP contribution is 2.15. The van der Waals surface area contributed by atoms with Crippen LogP contribution >= 0.6 is 11.3 Å². The topological polar surface area (TPSA) is 56.7 Å². The van der Waals surface area contributed by atoms with Crippen molar-refractivity contribution in [2.75, 3.05) is 5.73 Å². The molecule has 2 heterocycles. The van der Waals surface area contributed by atoms with Crippen LogP contribution in [0.1, 0.15) is 5.82 Å². The zero-order chi connectivity index (χ0) is 8.55. The Morgan fingerprint density at radius 3 is 2.92 bits per heavy atom. The Morgan fingerprint density at radius 1 is 1.58 bits per heavy atom. The molecule has 2 N–H and O–H groups in total. The highest BCUT2D eigenvalue weighted by Gasteiger charge is 2.02. The summed E-state index contributed by atoms with van der Waals surface area (Å²) < 4.78 is 1.90. The Balaban J connectivity index is 2.50. The van der Waals surface area contributed by atoms with E-state index in [-0.39, 0.29) is 0 Å². The third kappa shape index (κ3) is 1.08. The van der Waals surface area contributed by atoms with Gasteiger partial charge < -0.3 is 5.73 Å². The number of nitrogens with two attached hydrogens (primary N) is 1. The summed E-state index contributed by atoms with van der Waals surface area (Å²) in [6.07, 6.45) is 3.61. The molecule has 2 rings (SSSR count). The van der Waals surface area contributed by atoms with Crippen LogP contribution in [0.15, 0.2) is 17.8 Å². The molecule has 0 saturated heterocycles. The first-order valence-electron chi connectivity index (χ1n) is 3.48. The third-order valence-corrected chi connectivity index (χ3v) is 2.24. The van der Waals surface area contributed by atoms with Gasteiger partial charge in [0.1, 0.15) is 5.82 Å². The van der Waals surface area contributed by atoms with E-state index in [2.05, 4.69) is 9.97 Å². The molecule has 0 saturated carbocycles. The standard InChI is InChI=1S/C7H8N4S/c1-5-9-2-3-11(5)6-4-12-7(8)10-6/h2-4H,1H3,(H2,8,10). The second kappa shape index (κ2) is 2.60. The van der Waals surface area contributed by atoms with Crippen LogP contribution in [0, 0.1) is 6.92 Å². The van der Waals surface area contributed by atoms with Gasteiger partial charge >= 0.3 is 0 Å². The van der Waals surface area contributed by atoms with Crippen LogP contribution < -0.4 is 5.73 Å². The van der Waals surface area contributed by atoms with Crippen molar-refractivity contribution in [3.8, 4) is 5.82 Å². The number of nitrogens with zero attached hydrogens (tertiary/aromatic N) is 3. The number of anilines is 1. The van der Waals surface area contributed by atoms with Crippen LogP contribution in [-0.2, 0) is 0 Å². The van der Waals surface area contributed by atoms with Crippen LogP contribution in [0.25, 0.3) is 5.82 Å². The Bertz CT molecular complexity index is 390. The predicted octanol–water partition coefficient (Wildman–Crippen LogP) is 1.22. The molecule has 0 bridgehead atoms. The lowest BCUT2D eigenvalue weighted by Gasteiger charge is -1.97. The number of rotatable bonds is 1. The fraction of sp³-hybridized carbons (Fsp3) is 0.143. The number of imidazole rings is 1. The molecule has 4 nitrogen and oxygen atoms in total. The average Bonchev–Trinajstić information content (AvgIpc) is 2.58. The summed E-state index contributed by atoms with van der Waals surface area (Å²) in [4.78, 5) is 8.22. The van der Waals surface area contributed by atoms with E-state index in [0.29, 0.717) is 5.13 Å². The van der Waals surface area contributed by atoms with E-state index in [4.69, 9.17) is 5.73 Å². The van der Waals surface area contributed by atoms with Crippen LogP contribution in [-0.4, -0.2) is 14.5 Å². The van der Waals surface area contributed by atoms with Crippen molar-refractivity contribution >= 4 is 16.5 Å². The van der Waals surface area contributed by atoms with Crippen molar-refractivity contribution < 1.29 is 0 Å². The summed E-state index contributed by atoms with van der Waals surface area (Å²) in [5.41, 5.74) is 5.51. The van der Waals surface area contributed by atoms with Crippen molar-refractivity contribution in [1.29, 1.82) is 0 Å². The van der Waals surface area contributed by atoms with Gasteiger partial charge in [0.15, 0.2) is 10.9 Å². The normalized spacial score (nSPS) is 10.4. The molecule has 12 heavy (non-hydrogen) atoms. The lowest BCUT2D eigenvalue weighted by molar-refractivity contribution is 0.945. The Morgan fingerprint density at radius 2 is 2.42 bits per heavy atom. The molecule has 0 aliphatic rings. The molecule has 0 aromatic carbocycles. The van der Waals surface area contributed by atoms with E-state index < -0.39 is 0 Å². The van der Waals surface area contributed by atoms with Crippen molar-refractivity contribution in [2.24, 2.45) is 0 Å². The molecular formula is C7H8N4S. The second-order valence-corrected chi connectivity index (χ2v) is 3.28. The number of nitrogen functional groups attached to an aromatic ring is 1. The molecule has 0 atom stereocenters. The summed E-state index contributed by atoms with van der Waals surface area (Å²) >= 11 is 1.43. The summed E-state index contributed by atoms with van der Waals surface area (Å²) in [5.74, 6) is 1.76. The largest absolute Gasteiger partial charge is 0.375 e. The van der Waals surface area contributed by atoms with E-state index in [0.717, 1.165) is 11.6 Å². The first-order chi connectivity index (χ1) is 5.77. The van der Waals surface area contributed by atoms with Crippen LogP contribution in [0.5, 0.6) is 0 Å². The number of aryl methyl sites for hydroxylation is 1. The highest BCUT2D eigenvalue weighted by atomic mass is 32.1. The number of aromatic nitrogens is 3. The van der Waals surface area contributed by atoms with E-state index in [1.54, 1.807) is 6.20 Å². The summed E-state index contributed by atoms with van der Waals surface area (Å²) in [7, 11) is 0. The summed E-state index contributed by atoms with van der Waals surface area (Å²) in [6.45, 7) is 1.93. The maximum absolute atomic E-state index is 5.51. The van der Waals surface area contributed by atoms with Gasteiger partial charge in [0, 0.05) is 17.8 Å². The number of hydrogen-bond donors (Lipinski definition) is 1. The van der Waals surface area contributed by atoms with Crippen LogP contribution in [0.4, 0.5) is 5.13 Å². The average molecular weight is 180 g/mol. The quantitative estimate of drug-likeness (QED) is 0.717. The molecule has 0 aliphatic heterocycles. The van der Waals surface area contributed by atoms with E-state index in [1.807, 2.05) is 23.1 Å². The van der Waals surface area contributed by atoms with Gasteiger partial charge in [-0.25, -0.2) is 9.97 Å². The van der Waals surface area contributed by atoms with Gasteiger partial charge in [0.2, 0.25) is 0 Å². The minimum Gasteiger partial charge on any atom is -0.375 e. The minimum absolute atomic E-state index is 0.582. The lowest BCUT2D eigenvalue weighted by atomic mass is 10.6. The van der Waals surface area contributed by atoms with E-state index in [9.17, 15) is 0 Å².